The van der Waals surface area contributed by atoms with E-state index in [1.54, 1.807) is 18.5 Å². The minimum Gasteiger partial charge on any atom is -0.277 e. The number of benzene rings is 1. The molecule has 1 aromatic carbocycles. The normalized spacial score (nSPS) is 11.6. The summed E-state index contributed by atoms with van der Waals surface area (Å²) < 4.78 is 12.9. The first-order chi connectivity index (χ1) is 8.79. The third-order valence-corrected chi connectivity index (χ3v) is 2.45. The number of nitrogens with one attached hydrogen (secondary N) is 1. The van der Waals surface area contributed by atoms with Crippen LogP contribution in [-0.2, 0) is 0 Å². The summed E-state index contributed by atoms with van der Waals surface area (Å²) in [4.78, 5) is 5.38. The van der Waals surface area contributed by atoms with Crippen LogP contribution in [0.15, 0.2) is 43.0 Å². The standard InChI is InChI=1S/C13H15FN4/c1-2-3-4-13(17-18-10-15-9-16-18)11-5-7-12(14)8-6-11/h4-10,17H,2-3H2,1H3/b13-4-. The van der Waals surface area contributed by atoms with Gasteiger partial charge in [-0.05, 0) is 36.2 Å². The van der Waals surface area contributed by atoms with Crippen LogP contribution in [0.25, 0.3) is 5.70 Å². The van der Waals surface area contributed by atoms with E-state index in [0.717, 1.165) is 24.1 Å². The zero-order chi connectivity index (χ0) is 12.8. The Balaban J connectivity index is 2.22. The maximum atomic E-state index is 12.9. The zero-order valence-electron chi connectivity index (χ0n) is 10.2. The first-order valence-electron chi connectivity index (χ1n) is 5.87. The predicted molar refractivity (Wildman–Crippen MR) is 68.7 cm³/mol. The van der Waals surface area contributed by atoms with Crippen LogP contribution in [0.4, 0.5) is 4.39 Å². The average molecular weight is 246 g/mol. The van der Waals surface area contributed by atoms with Gasteiger partial charge in [0, 0.05) is 0 Å². The minimum atomic E-state index is -0.241. The van der Waals surface area contributed by atoms with Gasteiger partial charge in [0.1, 0.15) is 18.5 Å². The number of allylic oxidation sites excluding steroid dienone is 1. The molecular formula is C13H15FN4. The Bertz CT molecular complexity index is 502. The first kappa shape index (κ1) is 12.3. The predicted octanol–water partition coefficient (Wildman–Crippen LogP) is 2.80. The highest BCUT2D eigenvalue weighted by atomic mass is 19.1. The summed E-state index contributed by atoms with van der Waals surface area (Å²) in [5, 5.41) is 3.99. The van der Waals surface area contributed by atoms with Crippen LogP contribution in [0.2, 0.25) is 0 Å². The van der Waals surface area contributed by atoms with Crippen LogP contribution < -0.4 is 5.43 Å². The molecule has 0 aliphatic heterocycles. The molecular weight excluding hydrogens is 231 g/mol. The number of halogens is 1. The number of aromatic nitrogens is 3. The average Bonchev–Trinajstić information content (AvgIpc) is 2.88. The molecule has 1 N–H and O–H groups in total. The molecule has 0 bridgehead atoms. The lowest BCUT2D eigenvalue weighted by atomic mass is 10.1. The van der Waals surface area contributed by atoms with Crippen molar-refractivity contribution in [1.82, 2.24) is 14.9 Å². The zero-order valence-corrected chi connectivity index (χ0v) is 10.2. The van der Waals surface area contributed by atoms with Crippen molar-refractivity contribution in [3.63, 3.8) is 0 Å². The third kappa shape index (κ3) is 3.16. The fraction of sp³-hybridized carbons (Fsp3) is 0.231. The van der Waals surface area contributed by atoms with Crippen molar-refractivity contribution < 1.29 is 4.39 Å². The van der Waals surface area contributed by atoms with Gasteiger partial charge in [-0.25, -0.2) is 9.37 Å². The van der Waals surface area contributed by atoms with Gasteiger partial charge in [0.05, 0.1) is 5.70 Å². The van der Waals surface area contributed by atoms with Gasteiger partial charge in [-0.1, -0.05) is 19.4 Å². The Hall–Kier alpha value is -2.17. The highest BCUT2D eigenvalue weighted by molar-refractivity contribution is 5.69. The van der Waals surface area contributed by atoms with Crippen LogP contribution in [-0.4, -0.2) is 14.9 Å². The van der Waals surface area contributed by atoms with Gasteiger partial charge in [-0.3, -0.25) is 5.43 Å². The van der Waals surface area contributed by atoms with Crippen molar-refractivity contribution >= 4 is 5.70 Å². The Morgan fingerprint density at radius 3 is 2.78 bits per heavy atom. The lowest BCUT2D eigenvalue weighted by molar-refractivity contribution is 0.627. The quantitative estimate of drug-likeness (QED) is 0.882. The summed E-state index contributed by atoms with van der Waals surface area (Å²) in [6.07, 6.45) is 7.07. The molecule has 1 heterocycles. The molecule has 18 heavy (non-hydrogen) atoms. The van der Waals surface area contributed by atoms with Crippen LogP contribution in [0.1, 0.15) is 25.3 Å². The van der Waals surface area contributed by atoms with E-state index in [9.17, 15) is 4.39 Å². The molecule has 5 heteroatoms. The fourth-order valence-electron chi connectivity index (χ4n) is 1.54. The van der Waals surface area contributed by atoms with Gasteiger partial charge in [0.25, 0.3) is 0 Å². The van der Waals surface area contributed by atoms with Crippen molar-refractivity contribution in [2.24, 2.45) is 0 Å². The van der Waals surface area contributed by atoms with Crippen LogP contribution in [0.5, 0.6) is 0 Å². The topological polar surface area (TPSA) is 42.7 Å². The van der Waals surface area contributed by atoms with E-state index in [1.807, 2.05) is 0 Å². The number of hydrogen-bond acceptors (Lipinski definition) is 3. The number of unbranched alkanes of at least 4 members (excludes halogenated alkanes) is 1. The molecule has 0 radical (unpaired) electrons. The van der Waals surface area contributed by atoms with Crippen molar-refractivity contribution in [2.45, 2.75) is 19.8 Å². The molecule has 0 spiro atoms. The number of nitrogens with zero attached hydrogens (tertiary/aromatic N) is 3. The monoisotopic (exact) mass is 246 g/mol. The second-order valence-electron chi connectivity index (χ2n) is 3.87. The highest BCUT2D eigenvalue weighted by Gasteiger charge is 2.02. The molecule has 0 fully saturated rings. The van der Waals surface area contributed by atoms with Gasteiger partial charge >= 0.3 is 0 Å². The summed E-state index contributed by atoms with van der Waals surface area (Å²) >= 11 is 0. The molecule has 94 valence electrons. The Morgan fingerprint density at radius 2 is 2.17 bits per heavy atom. The van der Waals surface area contributed by atoms with E-state index in [2.05, 4.69) is 28.5 Å². The smallest absolute Gasteiger partial charge is 0.139 e. The van der Waals surface area contributed by atoms with Gasteiger partial charge in [0.2, 0.25) is 0 Å². The molecule has 2 rings (SSSR count). The molecule has 0 unspecified atom stereocenters. The van der Waals surface area contributed by atoms with Crippen molar-refractivity contribution in [3.05, 3.63) is 54.4 Å². The number of hydrogen-bond donors (Lipinski definition) is 1. The van der Waals surface area contributed by atoms with Crippen LogP contribution in [0.3, 0.4) is 0 Å². The molecule has 0 amide bonds. The minimum absolute atomic E-state index is 0.241. The Morgan fingerprint density at radius 1 is 1.39 bits per heavy atom. The molecule has 4 nitrogen and oxygen atoms in total. The fourth-order valence-corrected chi connectivity index (χ4v) is 1.54. The SMILES string of the molecule is CCC/C=C(\Nn1cncn1)c1ccc(F)cc1. The summed E-state index contributed by atoms with van der Waals surface area (Å²) in [6.45, 7) is 2.11. The van der Waals surface area contributed by atoms with E-state index in [-0.39, 0.29) is 5.82 Å². The van der Waals surface area contributed by atoms with E-state index in [1.165, 1.54) is 23.3 Å². The first-order valence-corrected chi connectivity index (χ1v) is 5.87. The largest absolute Gasteiger partial charge is 0.277 e. The summed E-state index contributed by atoms with van der Waals surface area (Å²) in [6, 6.07) is 6.36. The maximum Gasteiger partial charge on any atom is 0.139 e. The van der Waals surface area contributed by atoms with Crippen LogP contribution in [0, 0.1) is 5.82 Å². The van der Waals surface area contributed by atoms with Gasteiger partial charge in [-0.2, -0.15) is 4.79 Å². The lowest BCUT2D eigenvalue weighted by Crippen LogP contribution is -2.14. The second kappa shape index (κ2) is 5.95. The third-order valence-electron chi connectivity index (χ3n) is 2.45. The lowest BCUT2D eigenvalue weighted by Gasteiger charge is -2.10. The summed E-state index contributed by atoms with van der Waals surface area (Å²) in [5.74, 6) is -0.241. The maximum absolute atomic E-state index is 12.9. The van der Waals surface area contributed by atoms with E-state index in [4.69, 9.17) is 0 Å². The van der Waals surface area contributed by atoms with Crippen molar-refractivity contribution in [1.29, 1.82) is 0 Å². The molecule has 0 aliphatic carbocycles. The molecule has 0 saturated carbocycles. The van der Waals surface area contributed by atoms with Crippen LogP contribution >= 0.6 is 0 Å². The highest BCUT2D eigenvalue weighted by Crippen LogP contribution is 2.14. The number of rotatable bonds is 5. The molecule has 0 atom stereocenters. The molecule has 0 aliphatic rings. The summed E-state index contributed by atoms with van der Waals surface area (Å²) in [5.41, 5.74) is 4.92. The van der Waals surface area contributed by atoms with E-state index < -0.39 is 0 Å². The summed E-state index contributed by atoms with van der Waals surface area (Å²) in [7, 11) is 0. The van der Waals surface area contributed by atoms with Gasteiger partial charge < -0.3 is 0 Å². The van der Waals surface area contributed by atoms with E-state index in [0.29, 0.717) is 0 Å². The molecule has 1 aromatic heterocycles. The molecule has 2 aromatic rings. The molecule has 0 saturated heterocycles. The Labute approximate surface area is 105 Å². The van der Waals surface area contributed by atoms with Gasteiger partial charge in [-0.15, -0.1) is 5.10 Å². The second-order valence-corrected chi connectivity index (χ2v) is 3.87. The van der Waals surface area contributed by atoms with Crippen molar-refractivity contribution in [2.75, 3.05) is 5.43 Å². The van der Waals surface area contributed by atoms with Gasteiger partial charge in [0.15, 0.2) is 0 Å². The Kier molecular flexibility index (Phi) is 4.06. The van der Waals surface area contributed by atoms with E-state index >= 15 is 0 Å². The van der Waals surface area contributed by atoms with Crippen molar-refractivity contribution in [3.8, 4) is 0 Å².